The minimum Gasteiger partial charge on any atom is -0.450 e. The number of rotatable bonds is 0. The average molecular weight is 477 g/mol. The van der Waals surface area contributed by atoms with Crippen LogP contribution in [-0.2, 0) is 20.4 Å². The molecule has 0 atom stereocenters. The van der Waals surface area contributed by atoms with E-state index in [1.54, 1.807) is 0 Å². The van der Waals surface area contributed by atoms with Crippen LogP contribution in [0.3, 0.4) is 0 Å². The van der Waals surface area contributed by atoms with Crippen LogP contribution in [0.5, 0.6) is 0 Å². The van der Waals surface area contributed by atoms with Crippen molar-refractivity contribution in [2.24, 2.45) is 0 Å². The minimum absolute atomic E-state index is 0. The molecule has 4 aromatic rings. The average Bonchev–Trinajstić information content (AvgIpc) is 2.79. The Labute approximate surface area is 187 Å². The molecule has 0 radical (unpaired) electrons. The van der Waals surface area contributed by atoms with Crippen LogP contribution in [0.1, 0.15) is 0 Å². The van der Waals surface area contributed by atoms with Crippen molar-refractivity contribution in [1.29, 1.82) is 0 Å². The van der Waals surface area contributed by atoms with Crippen molar-refractivity contribution in [3.8, 4) is 0 Å². The molecule has 0 aromatic heterocycles. The largest absolute Gasteiger partial charge is 0.503 e. The summed E-state index contributed by atoms with van der Waals surface area (Å²) in [4.78, 5) is 8.56. The van der Waals surface area contributed by atoms with Crippen LogP contribution in [0, 0.1) is 24.3 Å². The maximum atomic E-state index is 8.56. The Morgan fingerprint density at radius 1 is 0.414 bits per heavy atom. The van der Waals surface area contributed by atoms with Gasteiger partial charge in [-0.3, -0.25) is 0 Å². The van der Waals surface area contributed by atoms with E-state index < -0.39 is 6.16 Å². The first-order valence-electron chi connectivity index (χ1n) is 8.29. The first kappa shape index (κ1) is 28.0. The third-order valence-corrected chi connectivity index (χ3v) is 2.43. The Morgan fingerprint density at radius 3 is 0.586 bits per heavy atom. The van der Waals surface area contributed by atoms with Crippen molar-refractivity contribution < 1.29 is 35.4 Å². The van der Waals surface area contributed by atoms with E-state index in [0.717, 1.165) is 0 Å². The van der Waals surface area contributed by atoms with Gasteiger partial charge in [0.05, 0.1) is 0 Å². The molecule has 4 aromatic carbocycles. The molecule has 0 amide bonds. The Morgan fingerprint density at radius 2 is 0.552 bits per heavy atom. The topological polar surface area (TPSA) is 57.5 Å². The molecule has 4 heteroatoms. The summed E-state index contributed by atoms with van der Waals surface area (Å²) >= 11 is 0. The van der Waals surface area contributed by atoms with Crippen molar-refractivity contribution in [2.75, 3.05) is 0 Å². The molecule has 0 fully saturated rings. The molecule has 0 bridgehead atoms. The van der Waals surface area contributed by atoms with Gasteiger partial charge < -0.3 is 10.2 Å². The van der Waals surface area contributed by atoms with Crippen molar-refractivity contribution in [3.63, 3.8) is 0 Å². The molecular formula is C25H22O3Pd-4. The van der Waals surface area contributed by atoms with E-state index in [0.29, 0.717) is 0 Å². The summed E-state index contributed by atoms with van der Waals surface area (Å²) in [6.07, 6.45) is -1.83. The standard InChI is InChI=1S/4C6H5.CH2O3.Pd/c4*1-2-4-6-5-3-1;2-1(3)4;/h4*1-5H;(H2,2,3,4);/q4*-1;;. The van der Waals surface area contributed by atoms with Gasteiger partial charge in [-0.25, -0.2) is 4.79 Å². The summed E-state index contributed by atoms with van der Waals surface area (Å²) in [6, 6.07) is 50.0. The fraction of sp³-hybridized carbons (Fsp3) is 0. The molecule has 0 aliphatic rings. The van der Waals surface area contributed by atoms with Crippen LogP contribution in [0.15, 0.2) is 121 Å². The van der Waals surface area contributed by atoms with Crippen LogP contribution in [0.2, 0.25) is 0 Å². The van der Waals surface area contributed by atoms with Gasteiger partial charge in [-0.05, 0) is 0 Å². The normalized spacial score (nSPS) is 7.45. The van der Waals surface area contributed by atoms with Crippen molar-refractivity contribution in [3.05, 3.63) is 146 Å². The van der Waals surface area contributed by atoms with E-state index in [9.17, 15) is 0 Å². The molecule has 3 nitrogen and oxygen atoms in total. The summed E-state index contributed by atoms with van der Waals surface area (Å²) in [5, 5.41) is 13.9. The molecule has 29 heavy (non-hydrogen) atoms. The molecule has 0 heterocycles. The number of hydrogen-bond acceptors (Lipinski definition) is 1. The zero-order valence-electron chi connectivity index (χ0n) is 15.7. The van der Waals surface area contributed by atoms with Crippen LogP contribution in [0.25, 0.3) is 0 Å². The van der Waals surface area contributed by atoms with Crippen molar-refractivity contribution in [2.45, 2.75) is 0 Å². The molecule has 154 valence electrons. The van der Waals surface area contributed by atoms with Gasteiger partial charge in [0.2, 0.25) is 0 Å². The molecule has 0 unspecified atom stereocenters. The fourth-order valence-electron chi connectivity index (χ4n) is 1.37. The second kappa shape index (κ2) is 24.8. The zero-order chi connectivity index (χ0) is 20.5. The van der Waals surface area contributed by atoms with E-state index >= 15 is 0 Å². The molecule has 2 N–H and O–H groups in total. The first-order chi connectivity index (χ1) is 13.7. The summed E-state index contributed by atoms with van der Waals surface area (Å²) in [7, 11) is 0. The monoisotopic (exact) mass is 476 g/mol. The van der Waals surface area contributed by atoms with Crippen LogP contribution < -0.4 is 0 Å². The molecule has 0 spiro atoms. The van der Waals surface area contributed by atoms with E-state index in [1.165, 1.54) is 0 Å². The molecule has 0 aliphatic carbocycles. The predicted octanol–water partition coefficient (Wildman–Crippen LogP) is 6.17. The summed E-state index contributed by atoms with van der Waals surface area (Å²) in [5.74, 6) is 0. The Kier molecular flexibility index (Phi) is 24.0. The van der Waals surface area contributed by atoms with Crippen LogP contribution in [0.4, 0.5) is 4.79 Å². The Hall–Kier alpha value is -3.19. The summed E-state index contributed by atoms with van der Waals surface area (Å²) in [6.45, 7) is 0. The number of benzene rings is 4. The van der Waals surface area contributed by atoms with E-state index in [2.05, 4.69) is 24.3 Å². The minimum atomic E-state index is -1.83. The quantitative estimate of drug-likeness (QED) is 0.236. The predicted molar refractivity (Wildman–Crippen MR) is 112 cm³/mol. The maximum Gasteiger partial charge on any atom is 0.503 e. The van der Waals surface area contributed by atoms with E-state index in [4.69, 9.17) is 15.0 Å². The smallest absolute Gasteiger partial charge is 0.450 e. The molecule has 4 rings (SSSR count). The fourth-order valence-corrected chi connectivity index (χ4v) is 1.37. The van der Waals surface area contributed by atoms with E-state index in [1.807, 2.05) is 121 Å². The number of carboxylic acid groups (broad SMARTS) is 2. The van der Waals surface area contributed by atoms with Crippen molar-refractivity contribution in [1.82, 2.24) is 0 Å². The Bertz CT molecular complexity index is 516. The van der Waals surface area contributed by atoms with Crippen molar-refractivity contribution >= 4 is 6.16 Å². The third-order valence-electron chi connectivity index (χ3n) is 2.43. The van der Waals surface area contributed by atoms with Gasteiger partial charge in [-0.15, -0.1) is 0 Å². The Balaban J connectivity index is 0. The molecular weight excluding hydrogens is 455 g/mol. The maximum absolute atomic E-state index is 8.56. The number of carbonyl (C=O) groups is 1. The van der Waals surface area contributed by atoms with Gasteiger partial charge in [0, 0.05) is 20.4 Å². The summed E-state index contributed by atoms with van der Waals surface area (Å²) in [5.41, 5.74) is 0. The van der Waals surface area contributed by atoms with E-state index in [-0.39, 0.29) is 20.4 Å². The molecule has 0 aliphatic heterocycles. The van der Waals surface area contributed by atoms with Gasteiger partial charge in [0.15, 0.2) is 0 Å². The second-order valence-corrected chi connectivity index (χ2v) is 4.59. The van der Waals surface area contributed by atoms with Gasteiger partial charge >= 0.3 is 6.16 Å². The van der Waals surface area contributed by atoms with Gasteiger partial charge in [0.1, 0.15) is 0 Å². The third kappa shape index (κ3) is 29.8. The first-order valence-corrected chi connectivity index (χ1v) is 8.29. The van der Waals surface area contributed by atoms with Crippen LogP contribution in [-0.4, -0.2) is 16.4 Å². The SMILES string of the molecule is O=C(O)O.[Pd].[c-]1ccccc1.[c-]1ccccc1.[c-]1ccccc1.[c-]1ccccc1. The summed E-state index contributed by atoms with van der Waals surface area (Å²) < 4.78 is 0. The molecule has 0 saturated heterocycles. The number of hydrogen-bond donors (Lipinski definition) is 2. The van der Waals surface area contributed by atoms with Gasteiger partial charge in [-0.1, -0.05) is 0 Å². The van der Waals surface area contributed by atoms with Gasteiger partial charge in [0.25, 0.3) is 0 Å². The van der Waals surface area contributed by atoms with Crippen LogP contribution >= 0.6 is 0 Å². The zero-order valence-corrected chi connectivity index (χ0v) is 17.2. The second-order valence-electron chi connectivity index (χ2n) is 4.59. The molecule has 0 saturated carbocycles. The van der Waals surface area contributed by atoms with Gasteiger partial charge in [-0.2, -0.15) is 146 Å².